The van der Waals surface area contributed by atoms with Gasteiger partial charge in [-0.05, 0) is 48.6 Å². The second-order valence-electron chi connectivity index (χ2n) is 5.95. The van der Waals surface area contributed by atoms with Gasteiger partial charge in [0, 0.05) is 17.9 Å². The molecule has 0 fully saturated rings. The van der Waals surface area contributed by atoms with Crippen molar-refractivity contribution in [1.82, 2.24) is 15.5 Å². The van der Waals surface area contributed by atoms with Crippen LogP contribution in [0.5, 0.6) is 0 Å². The van der Waals surface area contributed by atoms with Crippen LogP contribution in [0.4, 0.5) is 10.5 Å². The van der Waals surface area contributed by atoms with Gasteiger partial charge < -0.3 is 10.6 Å². The van der Waals surface area contributed by atoms with Gasteiger partial charge >= 0.3 is 6.03 Å². The fraction of sp³-hybridized carbons (Fsp3) is 0.200. The molecule has 5 heteroatoms. The Morgan fingerprint density at radius 2 is 1.76 bits per heavy atom. The van der Waals surface area contributed by atoms with E-state index in [-0.39, 0.29) is 6.03 Å². The van der Waals surface area contributed by atoms with E-state index in [1.54, 1.807) is 0 Å². The number of carbonyl (C=O) groups excluding carboxylic acids is 1. The standard InChI is InChI=1S/C20H22N4O/c1-15-18(14-22-24-15)8-5-13-21-20(25)23-19-11-9-17(10-12-19)16-6-3-2-4-7-16/h2-4,6-7,9-12,14H,5,8,13H2,1H3,(H,22,24)(H2,21,23,25). The molecular formula is C20H22N4O. The molecule has 0 spiro atoms. The van der Waals surface area contributed by atoms with Crippen molar-refractivity contribution in [2.75, 3.05) is 11.9 Å². The molecule has 0 bridgehead atoms. The smallest absolute Gasteiger partial charge is 0.319 e. The molecule has 0 saturated carbocycles. The van der Waals surface area contributed by atoms with E-state index in [4.69, 9.17) is 0 Å². The third kappa shape index (κ3) is 4.70. The quantitative estimate of drug-likeness (QED) is 0.593. The van der Waals surface area contributed by atoms with Gasteiger partial charge in [-0.3, -0.25) is 5.10 Å². The summed E-state index contributed by atoms with van der Waals surface area (Å²) in [7, 11) is 0. The van der Waals surface area contributed by atoms with E-state index < -0.39 is 0 Å². The number of aromatic amines is 1. The first-order valence-electron chi connectivity index (χ1n) is 8.41. The topological polar surface area (TPSA) is 69.8 Å². The predicted octanol–water partition coefficient (Wildman–Crippen LogP) is 4.14. The van der Waals surface area contributed by atoms with Crippen molar-refractivity contribution in [1.29, 1.82) is 0 Å². The fourth-order valence-electron chi connectivity index (χ4n) is 2.66. The summed E-state index contributed by atoms with van der Waals surface area (Å²) >= 11 is 0. The highest BCUT2D eigenvalue weighted by Crippen LogP contribution is 2.20. The van der Waals surface area contributed by atoms with E-state index in [1.807, 2.05) is 55.6 Å². The molecule has 3 aromatic rings. The first-order valence-corrected chi connectivity index (χ1v) is 8.41. The van der Waals surface area contributed by atoms with Crippen LogP contribution in [-0.4, -0.2) is 22.8 Å². The predicted molar refractivity (Wildman–Crippen MR) is 101 cm³/mol. The van der Waals surface area contributed by atoms with Crippen LogP contribution in [0.3, 0.4) is 0 Å². The van der Waals surface area contributed by atoms with Gasteiger partial charge in [0.25, 0.3) is 0 Å². The Bertz CT molecular complexity index is 809. The molecule has 0 unspecified atom stereocenters. The van der Waals surface area contributed by atoms with Crippen LogP contribution < -0.4 is 10.6 Å². The third-order valence-corrected chi connectivity index (χ3v) is 4.09. The maximum absolute atomic E-state index is 12.0. The minimum atomic E-state index is -0.184. The molecule has 1 aromatic heterocycles. The van der Waals surface area contributed by atoms with Crippen molar-refractivity contribution < 1.29 is 4.79 Å². The number of rotatable bonds is 6. The summed E-state index contributed by atoms with van der Waals surface area (Å²) in [6.07, 6.45) is 3.61. The number of benzene rings is 2. The molecule has 0 aliphatic carbocycles. The maximum Gasteiger partial charge on any atom is 0.319 e. The van der Waals surface area contributed by atoms with Gasteiger partial charge in [0.05, 0.1) is 6.20 Å². The molecule has 0 aliphatic heterocycles. The van der Waals surface area contributed by atoms with E-state index in [2.05, 4.69) is 33.0 Å². The van der Waals surface area contributed by atoms with E-state index in [9.17, 15) is 4.79 Å². The van der Waals surface area contributed by atoms with Crippen LogP contribution in [0.15, 0.2) is 60.8 Å². The normalized spacial score (nSPS) is 10.4. The average Bonchev–Trinajstić information content (AvgIpc) is 3.05. The van der Waals surface area contributed by atoms with E-state index in [1.165, 1.54) is 5.56 Å². The molecule has 0 atom stereocenters. The first kappa shape index (κ1) is 16.8. The van der Waals surface area contributed by atoms with E-state index >= 15 is 0 Å². The molecule has 0 saturated heterocycles. The first-order chi connectivity index (χ1) is 12.2. The van der Waals surface area contributed by atoms with Crippen LogP contribution in [0.2, 0.25) is 0 Å². The molecule has 1 heterocycles. The largest absolute Gasteiger partial charge is 0.338 e. The van der Waals surface area contributed by atoms with Crippen molar-refractivity contribution in [3.8, 4) is 11.1 Å². The van der Waals surface area contributed by atoms with Crippen LogP contribution in [0.25, 0.3) is 11.1 Å². The second kappa shape index (κ2) is 8.15. The van der Waals surface area contributed by atoms with Crippen molar-refractivity contribution in [3.63, 3.8) is 0 Å². The van der Waals surface area contributed by atoms with Gasteiger partial charge in [-0.1, -0.05) is 42.5 Å². The Balaban J connectivity index is 1.44. The summed E-state index contributed by atoms with van der Waals surface area (Å²) in [6, 6.07) is 17.8. The van der Waals surface area contributed by atoms with Gasteiger partial charge in [0.15, 0.2) is 0 Å². The minimum absolute atomic E-state index is 0.184. The van der Waals surface area contributed by atoms with E-state index in [0.29, 0.717) is 6.54 Å². The van der Waals surface area contributed by atoms with Crippen LogP contribution in [0.1, 0.15) is 17.7 Å². The molecule has 2 amide bonds. The van der Waals surface area contributed by atoms with Crippen LogP contribution >= 0.6 is 0 Å². The number of hydrogen-bond donors (Lipinski definition) is 3. The summed E-state index contributed by atoms with van der Waals surface area (Å²) in [5.74, 6) is 0. The molecule has 3 rings (SSSR count). The molecule has 5 nitrogen and oxygen atoms in total. The summed E-state index contributed by atoms with van der Waals surface area (Å²) in [5.41, 5.74) is 5.35. The Morgan fingerprint density at radius 1 is 1.04 bits per heavy atom. The number of aryl methyl sites for hydroxylation is 2. The number of hydrogen-bond acceptors (Lipinski definition) is 2. The Hall–Kier alpha value is -3.08. The third-order valence-electron chi connectivity index (χ3n) is 4.09. The highest BCUT2D eigenvalue weighted by Gasteiger charge is 2.03. The minimum Gasteiger partial charge on any atom is -0.338 e. The highest BCUT2D eigenvalue weighted by molar-refractivity contribution is 5.89. The molecule has 2 aromatic carbocycles. The zero-order valence-corrected chi connectivity index (χ0v) is 14.3. The lowest BCUT2D eigenvalue weighted by atomic mass is 10.1. The summed E-state index contributed by atoms with van der Waals surface area (Å²) in [4.78, 5) is 12.0. The SMILES string of the molecule is Cc1[nH]ncc1CCCNC(=O)Nc1ccc(-c2ccccc2)cc1. The monoisotopic (exact) mass is 334 g/mol. The number of anilines is 1. The van der Waals surface area contributed by atoms with Crippen LogP contribution in [0, 0.1) is 6.92 Å². The Morgan fingerprint density at radius 3 is 2.44 bits per heavy atom. The van der Waals surface area contributed by atoms with Gasteiger partial charge in [0.2, 0.25) is 0 Å². The molecule has 0 radical (unpaired) electrons. The van der Waals surface area contributed by atoms with Crippen molar-refractivity contribution in [2.24, 2.45) is 0 Å². The number of aromatic nitrogens is 2. The second-order valence-corrected chi connectivity index (χ2v) is 5.95. The summed E-state index contributed by atoms with van der Waals surface area (Å²) in [6.45, 7) is 2.63. The fourth-order valence-corrected chi connectivity index (χ4v) is 2.66. The highest BCUT2D eigenvalue weighted by atomic mass is 16.2. The van der Waals surface area contributed by atoms with Crippen molar-refractivity contribution >= 4 is 11.7 Å². The number of nitrogens with one attached hydrogen (secondary N) is 3. The zero-order valence-electron chi connectivity index (χ0n) is 14.3. The number of urea groups is 1. The summed E-state index contributed by atoms with van der Waals surface area (Å²) in [5, 5.41) is 12.6. The number of nitrogens with zero attached hydrogens (tertiary/aromatic N) is 1. The number of amides is 2. The average molecular weight is 334 g/mol. The van der Waals surface area contributed by atoms with Crippen molar-refractivity contribution in [3.05, 3.63) is 72.1 Å². The summed E-state index contributed by atoms with van der Waals surface area (Å²) < 4.78 is 0. The van der Waals surface area contributed by atoms with E-state index in [0.717, 1.165) is 35.3 Å². The Kier molecular flexibility index (Phi) is 5.46. The van der Waals surface area contributed by atoms with Gasteiger partial charge in [0.1, 0.15) is 0 Å². The zero-order chi connectivity index (χ0) is 17.5. The van der Waals surface area contributed by atoms with Crippen molar-refractivity contribution in [2.45, 2.75) is 19.8 Å². The molecule has 3 N–H and O–H groups in total. The molecule has 128 valence electrons. The lowest BCUT2D eigenvalue weighted by Gasteiger charge is -2.08. The Labute approximate surface area is 147 Å². The molecule has 0 aliphatic rings. The molecule has 25 heavy (non-hydrogen) atoms. The number of H-pyrrole nitrogens is 1. The van der Waals surface area contributed by atoms with Gasteiger partial charge in [-0.25, -0.2) is 4.79 Å². The van der Waals surface area contributed by atoms with Gasteiger partial charge in [-0.2, -0.15) is 5.10 Å². The van der Waals surface area contributed by atoms with Gasteiger partial charge in [-0.15, -0.1) is 0 Å². The maximum atomic E-state index is 12.0. The lowest BCUT2D eigenvalue weighted by molar-refractivity contribution is 0.252. The number of carbonyl (C=O) groups is 1. The van der Waals surface area contributed by atoms with Crippen LogP contribution in [-0.2, 0) is 6.42 Å². The molecular weight excluding hydrogens is 312 g/mol. The lowest BCUT2D eigenvalue weighted by Crippen LogP contribution is -2.29.